The van der Waals surface area contributed by atoms with E-state index in [1.165, 1.54) is 18.7 Å². The van der Waals surface area contributed by atoms with E-state index in [0.29, 0.717) is 0 Å². The van der Waals surface area contributed by atoms with Crippen molar-refractivity contribution < 1.29 is 0 Å². The lowest BCUT2D eigenvalue weighted by Crippen LogP contribution is -2.40. The number of benzene rings is 1. The molecule has 0 amide bonds. The first kappa shape index (κ1) is 15.1. The molecule has 0 spiro atoms. The van der Waals surface area contributed by atoms with Crippen LogP contribution in [-0.4, -0.2) is 36.6 Å². The third-order valence-corrected chi connectivity index (χ3v) is 7.01. The van der Waals surface area contributed by atoms with Crippen molar-refractivity contribution in [3.8, 4) is 0 Å². The summed E-state index contributed by atoms with van der Waals surface area (Å²) in [5.41, 5.74) is 1.47. The summed E-state index contributed by atoms with van der Waals surface area (Å²) in [4.78, 5) is 2.61. The number of nitrogens with zero attached hydrogens (tertiary/aromatic N) is 1. The Hall–Kier alpha value is -0.253. The molecule has 1 fully saturated rings. The van der Waals surface area contributed by atoms with Crippen molar-refractivity contribution in [3.05, 3.63) is 29.8 Å². The first-order valence-electron chi connectivity index (χ1n) is 7.32. The lowest BCUT2D eigenvalue weighted by molar-refractivity contribution is 0.263. The van der Waals surface area contributed by atoms with Gasteiger partial charge in [-0.15, -0.1) is 0 Å². The zero-order chi connectivity index (χ0) is 14.0. The van der Waals surface area contributed by atoms with Crippen LogP contribution in [0.3, 0.4) is 0 Å². The molecule has 1 aromatic rings. The largest absolute Gasteiger partial charge is 0.297 e. The van der Waals surface area contributed by atoms with Gasteiger partial charge in [0.25, 0.3) is 0 Å². The molecule has 1 heterocycles. The first-order chi connectivity index (χ1) is 8.84. The van der Waals surface area contributed by atoms with Crippen LogP contribution in [0, 0.1) is 0 Å². The van der Waals surface area contributed by atoms with E-state index in [4.69, 9.17) is 0 Å². The van der Waals surface area contributed by atoms with Crippen molar-refractivity contribution in [2.24, 2.45) is 0 Å². The van der Waals surface area contributed by atoms with Gasteiger partial charge < -0.3 is 0 Å². The molecule has 0 N–H and O–H groups in total. The summed E-state index contributed by atoms with van der Waals surface area (Å²) in [6.07, 6.45) is 0. The third-order valence-electron chi connectivity index (χ3n) is 3.72. The van der Waals surface area contributed by atoms with Crippen LogP contribution in [0.1, 0.15) is 19.4 Å². The average molecular weight is 294 g/mol. The average Bonchev–Trinajstić information content (AvgIpc) is 2.26. The monoisotopic (exact) mass is 293 g/mol. The molecule has 1 aliphatic heterocycles. The Morgan fingerprint density at radius 3 is 2.05 bits per heavy atom. The highest BCUT2D eigenvalue weighted by molar-refractivity contribution is 8.00. The maximum absolute atomic E-state index is 2.61. The van der Waals surface area contributed by atoms with E-state index in [1.807, 2.05) is 0 Å². The van der Waals surface area contributed by atoms with Gasteiger partial charge in [-0.2, -0.15) is 11.8 Å². The highest BCUT2D eigenvalue weighted by Gasteiger charge is 2.22. The second kappa shape index (κ2) is 6.02. The number of hydrogen-bond donors (Lipinski definition) is 0. The lowest BCUT2D eigenvalue weighted by Gasteiger charge is -2.34. The minimum atomic E-state index is -1.15. The molecular weight excluding hydrogens is 266 g/mol. The van der Waals surface area contributed by atoms with E-state index in [-0.39, 0.29) is 0 Å². The predicted molar refractivity (Wildman–Crippen MR) is 91.2 cm³/mol. The van der Waals surface area contributed by atoms with Gasteiger partial charge in [-0.3, -0.25) is 4.90 Å². The molecule has 0 saturated carbocycles. The Kier molecular flexibility index (Phi) is 4.80. The Morgan fingerprint density at radius 2 is 1.58 bits per heavy atom. The van der Waals surface area contributed by atoms with Crippen LogP contribution in [0.15, 0.2) is 24.3 Å². The second-order valence-corrected chi connectivity index (χ2v) is 13.9. The fourth-order valence-electron chi connectivity index (χ4n) is 2.78. The second-order valence-electron chi connectivity index (χ2n) is 6.90. The summed E-state index contributed by atoms with van der Waals surface area (Å²) >= 11 is 2.13. The van der Waals surface area contributed by atoms with Crippen LogP contribution in [0.2, 0.25) is 19.6 Å². The molecule has 0 aliphatic carbocycles. The van der Waals surface area contributed by atoms with Gasteiger partial charge in [0.2, 0.25) is 0 Å². The normalized spacial score (nSPS) is 25.5. The Balaban J connectivity index is 1.99. The fraction of sp³-hybridized carbons (Fsp3) is 0.625. The summed E-state index contributed by atoms with van der Waals surface area (Å²) in [7, 11) is -1.15. The maximum atomic E-state index is 2.61. The van der Waals surface area contributed by atoms with Crippen LogP contribution < -0.4 is 5.19 Å². The van der Waals surface area contributed by atoms with Crippen molar-refractivity contribution >= 4 is 25.0 Å². The summed E-state index contributed by atoms with van der Waals surface area (Å²) in [6.45, 7) is 15.5. The van der Waals surface area contributed by atoms with Crippen LogP contribution >= 0.6 is 11.8 Å². The standard InChI is InChI=1S/C16H27NSSi/c1-13-10-17(11-14(2)18-13)12-15-6-8-16(9-7-15)19(3,4)5/h6-9,13-14H,10-12H2,1-5H3. The Morgan fingerprint density at radius 1 is 1.05 bits per heavy atom. The highest BCUT2D eigenvalue weighted by atomic mass is 32.2. The van der Waals surface area contributed by atoms with Crippen molar-refractivity contribution in [2.45, 2.75) is 50.5 Å². The predicted octanol–water partition coefficient (Wildman–Crippen LogP) is 3.56. The summed E-state index contributed by atoms with van der Waals surface area (Å²) < 4.78 is 0. The SMILES string of the molecule is CC1CN(Cc2ccc([Si](C)(C)C)cc2)CC(C)S1. The van der Waals surface area contributed by atoms with Gasteiger partial charge in [0.05, 0.1) is 8.07 Å². The summed E-state index contributed by atoms with van der Waals surface area (Å²) in [5.74, 6) is 0. The van der Waals surface area contributed by atoms with Crippen molar-refractivity contribution in [2.75, 3.05) is 13.1 Å². The van der Waals surface area contributed by atoms with Gasteiger partial charge in [-0.1, -0.05) is 62.9 Å². The van der Waals surface area contributed by atoms with E-state index >= 15 is 0 Å². The van der Waals surface area contributed by atoms with Crippen molar-refractivity contribution in [3.63, 3.8) is 0 Å². The van der Waals surface area contributed by atoms with Crippen LogP contribution in [-0.2, 0) is 6.54 Å². The molecule has 0 radical (unpaired) electrons. The highest BCUT2D eigenvalue weighted by Crippen LogP contribution is 2.25. The van der Waals surface area contributed by atoms with E-state index in [0.717, 1.165) is 17.0 Å². The zero-order valence-electron chi connectivity index (χ0n) is 12.9. The van der Waals surface area contributed by atoms with Crippen LogP contribution in [0.5, 0.6) is 0 Å². The van der Waals surface area contributed by atoms with Gasteiger partial charge in [-0.05, 0) is 5.56 Å². The molecule has 106 valence electrons. The molecule has 19 heavy (non-hydrogen) atoms. The fourth-order valence-corrected chi connectivity index (χ4v) is 5.34. The zero-order valence-corrected chi connectivity index (χ0v) is 14.8. The van der Waals surface area contributed by atoms with Gasteiger partial charge >= 0.3 is 0 Å². The molecule has 2 atom stereocenters. The van der Waals surface area contributed by atoms with E-state index in [2.05, 4.69) is 74.4 Å². The van der Waals surface area contributed by atoms with Gasteiger partial charge in [0.15, 0.2) is 0 Å². The third kappa shape index (κ3) is 4.37. The molecule has 1 aliphatic rings. The van der Waals surface area contributed by atoms with Crippen molar-refractivity contribution in [1.29, 1.82) is 0 Å². The number of rotatable bonds is 3. The van der Waals surface area contributed by atoms with Gasteiger partial charge in [0.1, 0.15) is 0 Å². The van der Waals surface area contributed by atoms with E-state index in [1.54, 1.807) is 5.19 Å². The van der Waals surface area contributed by atoms with E-state index < -0.39 is 8.07 Å². The molecule has 0 aromatic heterocycles. The van der Waals surface area contributed by atoms with Gasteiger partial charge in [-0.25, -0.2) is 0 Å². The molecule has 2 rings (SSSR count). The maximum Gasteiger partial charge on any atom is 0.0775 e. The first-order valence-corrected chi connectivity index (χ1v) is 11.8. The molecule has 1 nitrogen and oxygen atoms in total. The van der Waals surface area contributed by atoms with Crippen LogP contribution in [0.25, 0.3) is 0 Å². The number of thioether (sulfide) groups is 1. The van der Waals surface area contributed by atoms with Crippen molar-refractivity contribution in [1.82, 2.24) is 4.90 Å². The lowest BCUT2D eigenvalue weighted by atomic mass is 10.2. The van der Waals surface area contributed by atoms with E-state index in [9.17, 15) is 0 Å². The Bertz CT molecular complexity index is 400. The smallest absolute Gasteiger partial charge is 0.0775 e. The molecule has 2 unspecified atom stereocenters. The summed E-state index contributed by atoms with van der Waals surface area (Å²) in [5, 5.41) is 3.10. The Labute approximate surface area is 123 Å². The molecule has 1 aromatic carbocycles. The summed E-state index contributed by atoms with van der Waals surface area (Å²) in [6, 6.07) is 9.38. The minimum Gasteiger partial charge on any atom is -0.297 e. The molecule has 3 heteroatoms. The number of hydrogen-bond acceptors (Lipinski definition) is 2. The molecular formula is C16H27NSSi. The molecule has 0 bridgehead atoms. The minimum absolute atomic E-state index is 0.769. The molecule has 1 saturated heterocycles. The van der Waals surface area contributed by atoms with Gasteiger partial charge in [0, 0.05) is 30.1 Å². The van der Waals surface area contributed by atoms with Crippen LogP contribution in [0.4, 0.5) is 0 Å². The topological polar surface area (TPSA) is 3.24 Å². The quantitative estimate of drug-likeness (QED) is 0.784.